The molecule has 0 aliphatic heterocycles. The fraction of sp³-hybridized carbons (Fsp3) is 0.636. The maximum absolute atomic E-state index is 5.01. The summed E-state index contributed by atoms with van der Waals surface area (Å²) in [5, 5.41) is 0. The minimum Gasteiger partial charge on any atom is -0.377 e. The van der Waals surface area contributed by atoms with Crippen molar-refractivity contribution in [3.05, 3.63) is 22.8 Å². The zero-order valence-corrected chi connectivity index (χ0v) is 9.59. The van der Waals surface area contributed by atoms with Crippen molar-refractivity contribution in [2.75, 3.05) is 7.11 Å². The molecule has 14 heavy (non-hydrogen) atoms. The Morgan fingerprint density at radius 1 is 1.14 bits per heavy atom. The highest BCUT2D eigenvalue weighted by Gasteiger charge is 2.10. The van der Waals surface area contributed by atoms with Crippen LogP contribution in [0.3, 0.4) is 0 Å². The predicted molar refractivity (Wildman–Crippen MR) is 56.3 cm³/mol. The van der Waals surface area contributed by atoms with Gasteiger partial charge in [-0.2, -0.15) is 0 Å². The summed E-state index contributed by atoms with van der Waals surface area (Å²) in [7, 11) is 1.66. The molecule has 0 atom stereocenters. The fourth-order valence-corrected chi connectivity index (χ4v) is 1.82. The Morgan fingerprint density at radius 2 is 1.64 bits per heavy atom. The number of nitrogens with zero attached hydrogens (tertiary/aromatic N) is 2. The molecule has 0 bridgehead atoms. The second-order valence-electron chi connectivity index (χ2n) is 3.81. The minimum absolute atomic E-state index is 0.478. The lowest BCUT2D eigenvalue weighted by Crippen LogP contribution is -2.07. The van der Waals surface area contributed by atoms with Crippen molar-refractivity contribution in [3.8, 4) is 0 Å². The van der Waals surface area contributed by atoms with Crippen molar-refractivity contribution in [1.29, 1.82) is 0 Å². The summed E-state index contributed by atoms with van der Waals surface area (Å²) < 4.78 is 5.01. The molecule has 78 valence electrons. The lowest BCUT2D eigenvalue weighted by molar-refractivity contribution is 0.177. The summed E-state index contributed by atoms with van der Waals surface area (Å²) in [6, 6.07) is 0. The average Bonchev–Trinajstić information content (AvgIpc) is 2.01. The van der Waals surface area contributed by atoms with E-state index >= 15 is 0 Å². The molecule has 0 spiro atoms. The van der Waals surface area contributed by atoms with Crippen LogP contribution in [0, 0.1) is 13.8 Å². The normalized spacial score (nSPS) is 11.0. The zero-order valence-electron chi connectivity index (χ0n) is 9.59. The number of methoxy groups -OCH3 is 1. The van der Waals surface area contributed by atoms with Crippen LogP contribution in [-0.4, -0.2) is 17.1 Å². The molecule has 3 heteroatoms. The van der Waals surface area contributed by atoms with Gasteiger partial charge in [0.05, 0.1) is 0 Å². The van der Waals surface area contributed by atoms with E-state index in [1.165, 1.54) is 5.56 Å². The third-order valence-corrected chi connectivity index (χ3v) is 2.22. The summed E-state index contributed by atoms with van der Waals surface area (Å²) in [5.74, 6) is 1.25. The number of hydrogen-bond donors (Lipinski definition) is 0. The van der Waals surface area contributed by atoms with Crippen LogP contribution in [0.5, 0.6) is 0 Å². The van der Waals surface area contributed by atoms with Crippen molar-refractivity contribution in [1.82, 2.24) is 9.97 Å². The van der Waals surface area contributed by atoms with Crippen LogP contribution >= 0.6 is 0 Å². The van der Waals surface area contributed by atoms with Gasteiger partial charge >= 0.3 is 0 Å². The van der Waals surface area contributed by atoms with Crippen molar-refractivity contribution in [2.45, 2.75) is 40.2 Å². The van der Waals surface area contributed by atoms with Gasteiger partial charge in [-0.3, -0.25) is 0 Å². The van der Waals surface area contributed by atoms with Gasteiger partial charge in [0.25, 0.3) is 0 Å². The highest BCUT2D eigenvalue weighted by Crippen LogP contribution is 2.20. The summed E-state index contributed by atoms with van der Waals surface area (Å²) in [6.45, 7) is 8.87. The van der Waals surface area contributed by atoms with Gasteiger partial charge < -0.3 is 4.74 Å². The molecule has 0 unspecified atom stereocenters. The van der Waals surface area contributed by atoms with E-state index in [1.807, 2.05) is 13.8 Å². The molecule has 0 aliphatic rings. The van der Waals surface area contributed by atoms with Gasteiger partial charge in [0.1, 0.15) is 6.61 Å². The standard InChI is InChI=1S/C11H18N2O/c1-7(2)11-8(3)12-10(6-14-5)13-9(11)4/h7H,6H2,1-5H3. The molecule has 1 rings (SSSR count). The number of rotatable bonds is 3. The lowest BCUT2D eigenvalue weighted by atomic mass is 10.0. The first-order chi connectivity index (χ1) is 6.56. The second kappa shape index (κ2) is 4.51. The first kappa shape index (κ1) is 11.1. The first-order valence-electron chi connectivity index (χ1n) is 4.89. The summed E-state index contributed by atoms with van der Waals surface area (Å²) in [5.41, 5.74) is 3.39. The molecule has 0 saturated carbocycles. The van der Waals surface area contributed by atoms with Crippen LogP contribution in [0.4, 0.5) is 0 Å². The summed E-state index contributed by atoms with van der Waals surface area (Å²) >= 11 is 0. The molecule has 3 nitrogen and oxygen atoms in total. The molecule has 1 heterocycles. The van der Waals surface area contributed by atoms with Crippen molar-refractivity contribution in [2.24, 2.45) is 0 Å². The molecule has 0 amide bonds. The van der Waals surface area contributed by atoms with E-state index in [9.17, 15) is 0 Å². The van der Waals surface area contributed by atoms with Crippen molar-refractivity contribution < 1.29 is 4.74 Å². The van der Waals surface area contributed by atoms with E-state index in [1.54, 1.807) is 7.11 Å². The Labute approximate surface area is 85.5 Å². The molecule has 0 saturated heterocycles. The number of ether oxygens (including phenoxy) is 1. The van der Waals surface area contributed by atoms with Gasteiger partial charge in [0.15, 0.2) is 5.82 Å². The summed E-state index contributed by atoms with van der Waals surface area (Å²) in [4.78, 5) is 8.82. The Balaban J connectivity index is 3.11. The van der Waals surface area contributed by atoms with Gasteiger partial charge in [-0.1, -0.05) is 13.8 Å². The summed E-state index contributed by atoms with van der Waals surface area (Å²) in [6.07, 6.45) is 0. The first-order valence-corrected chi connectivity index (χ1v) is 4.89. The molecule has 1 aromatic heterocycles. The average molecular weight is 194 g/mol. The Hall–Kier alpha value is -0.960. The Morgan fingerprint density at radius 3 is 2.00 bits per heavy atom. The van der Waals surface area contributed by atoms with E-state index in [4.69, 9.17) is 4.74 Å². The number of aryl methyl sites for hydroxylation is 2. The van der Waals surface area contributed by atoms with Gasteiger partial charge in [0, 0.05) is 18.5 Å². The van der Waals surface area contributed by atoms with Crippen LogP contribution in [0.1, 0.15) is 42.5 Å². The highest BCUT2D eigenvalue weighted by atomic mass is 16.5. The monoisotopic (exact) mass is 194 g/mol. The van der Waals surface area contributed by atoms with Crippen LogP contribution < -0.4 is 0 Å². The van der Waals surface area contributed by atoms with Gasteiger partial charge in [-0.25, -0.2) is 9.97 Å². The van der Waals surface area contributed by atoms with Crippen molar-refractivity contribution in [3.63, 3.8) is 0 Å². The molecule has 0 N–H and O–H groups in total. The van der Waals surface area contributed by atoms with Gasteiger partial charge in [-0.15, -0.1) is 0 Å². The third-order valence-electron chi connectivity index (χ3n) is 2.22. The van der Waals surface area contributed by atoms with E-state index in [2.05, 4.69) is 23.8 Å². The smallest absolute Gasteiger partial charge is 0.154 e. The van der Waals surface area contributed by atoms with Crippen LogP contribution in [0.15, 0.2) is 0 Å². The second-order valence-corrected chi connectivity index (χ2v) is 3.81. The topological polar surface area (TPSA) is 35.0 Å². The largest absolute Gasteiger partial charge is 0.377 e. The Bertz CT molecular complexity index is 298. The van der Waals surface area contributed by atoms with E-state index in [-0.39, 0.29) is 0 Å². The van der Waals surface area contributed by atoms with Crippen LogP contribution in [0.2, 0.25) is 0 Å². The molecule has 0 radical (unpaired) electrons. The molecule has 1 aromatic rings. The van der Waals surface area contributed by atoms with E-state index in [0.29, 0.717) is 12.5 Å². The predicted octanol–water partition coefficient (Wildman–Crippen LogP) is 2.36. The molecular weight excluding hydrogens is 176 g/mol. The molecule has 0 aromatic carbocycles. The maximum Gasteiger partial charge on any atom is 0.154 e. The van der Waals surface area contributed by atoms with Crippen LogP contribution in [-0.2, 0) is 11.3 Å². The molecule has 0 fully saturated rings. The van der Waals surface area contributed by atoms with E-state index in [0.717, 1.165) is 17.2 Å². The maximum atomic E-state index is 5.01. The number of hydrogen-bond acceptors (Lipinski definition) is 3. The van der Waals surface area contributed by atoms with Crippen molar-refractivity contribution >= 4 is 0 Å². The third kappa shape index (κ3) is 2.29. The zero-order chi connectivity index (χ0) is 10.7. The molecular formula is C11H18N2O. The van der Waals surface area contributed by atoms with E-state index < -0.39 is 0 Å². The fourth-order valence-electron chi connectivity index (χ4n) is 1.82. The number of aromatic nitrogens is 2. The SMILES string of the molecule is COCc1nc(C)c(C(C)C)c(C)n1. The van der Waals surface area contributed by atoms with Gasteiger partial charge in [0.2, 0.25) is 0 Å². The van der Waals surface area contributed by atoms with Crippen LogP contribution in [0.25, 0.3) is 0 Å². The molecule has 0 aliphatic carbocycles. The lowest BCUT2D eigenvalue weighted by Gasteiger charge is -2.13. The minimum atomic E-state index is 0.478. The quantitative estimate of drug-likeness (QED) is 0.741. The highest BCUT2D eigenvalue weighted by molar-refractivity contribution is 5.27. The Kier molecular flexibility index (Phi) is 3.58. The van der Waals surface area contributed by atoms with Gasteiger partial charge in [-0.05, 0) is 25.3 Å².